The molecule has 140 valence electrons. The van der Waals surface area contributed by atoms with Gasteiger partial charge in [0.25, 0.3) is 0 Å². The summed E-state index contributed by atoms with van der Waals surface area (Å²) in [7, 11) is 1.61. The fourth-order valence-electron chi connectivity index (χ4n) is 2.49. The van der Waals surface area contributed by atoms with Crippen LogP contribution in [0.3, 0.4) is 0 Å². The molecule has 2 aromatic heterocycles. The topological polar surface area (TPSA) is 88.2 Å². The van der Waals surface area contributed by atoms with Gasteiger partial charge in [0, 0.05) is 23.9 Å². The third-order valence-electron chi connectivity index (χ3n) is 3.80. The van der Waals surface area contributed by atoms with Gasteiger partial charge in [-0.15, -0.1) is 0 Å². The molecule has 0 unspecified atom stereocenters. The van der Waals surface area contributed by atoms with E-state index in [0.717, 1.165) is 24.2 Å². The molecular weight excluding hydrogens is 348 g/mol. The van der Waals surface area contributed by atoms with Gasteiger partial charge < -0.3 is 10.1 Å². The lowest BCUT2D eigenvalue weighted by Gasteiger charge is -2.16. The Balaban J connectivity index is 2.59. The SMILES string of the molecule is CC/C=N\n1c(SC)nc(-c2cc([C@@H](C)NCC)ncc2OC)cc1=N. The van der Waals surface area contributed by atoms with Gasteiger partial charge in [-0.05, 0) is 32.2 Å². The molecule has 1 atom stereocenters. The highest BCUT2D eigenvalue weighted by atomic mass is 32.2. The molecule has 0 amide bonds. The summed E-state index contributed by atoms with van der Waals surface area (Å²) >= 11 is 1.45. The summed E-state index contributed by atoms with van der Waals surface area (Å²) < 4.78 is 7.01. The van der Waals surface area contributed by atoms with Gasteiger partial charge in [0.05, 0.1) is 24.7 Å². The second kappa shape index (κ2) is 9.49. The predicted molar refractivity (Wildman–Crippen MR) is 106 cm³/mol. The predicted octanol–water partition coefficient (Wildman–Crippen LogP) is 3.07. The molecule has 0 radical (unpaired) electrons. The molecule has 0 aliphatic carbocycles. The molecule has 0 aromatic carbocycles. The van der Waals surface area contributed by atoms with Crippen molar-refractivity contribution in [1.29, 1.82) is 5.41 Å². The van der Waals surface area contributed by atoms with Crippen molar-refractivity contribution in [3.8, 4) is 17.0 Å². The van der Waals surface area contributed by atoms with Gasteiger partial charge in [0.2, 0.25) is 0 Å². The van der Waals surface area contributed by atoms with Crippen LogP contribution in [0, 0.1) is 5.41 Å². The van der Waals surface area contributed by atoms with Crippen LogP contribution in [-0.2, 0) is 0 Å². The minimum atomic E-state index is 0.114. The number of aromatic nitrogens is 3. The first-order chi connectivity index (χ1) is 12.5. The Morgan fingerprint density at radius 3 is 2.81 bits per heavy atom. The van der Waals surface area contributed by atoms with Gasteiger partial charge in [-0.25, -0.2) is 4.98 Å². The van der Waals surface area contributed by atoms with Crippen molar-refractivity contribution >= 4 is 18.0 Å². The van der Waals surface area contributed by atoms with E-state index in [-0.39, 0.29) is 11.5 Å². The standard InChI is InChI=1S/C18H26N6OS/c1-6-8-22-24-17(19)10-15(23-18(24)26-5)13-9-14(12(3)20-7-2)21-11-16(13)25-4/h8-12,19-20H,6-7H2,1-5H3/b19-17?,22-8-/t12-/m1/s1. The molecular formula is C18H26N6OS. The third kappa shape index (κ3) is 4.50. The zero-order valence-electron chi connectivity index (χ0n) is 15.9. The third-order valence-corrected chi connectivity index (χ3v) is 4.43. The Morgan fingerprint density at radius 2 is 2.19 bits per heavy atom. The van der Waals surface area contributed by atoms with Crippen LogP contribution >= 0.6 is 11.8 Å². The van der Waals surface area contributed by atoms with Crippen LogP contribution < -0.4 is 15.5 Å². The van der Waals surface area contributed by atoms with Crippen molar-refractivity contribution in [3.05, 3.63) is 29.5 Å². The molecule has 0 bridgehead atoms. The molecule has 2 heterocycles. The Bertz CT molecular complexity index is 833. The molecule has 0 fully saturated rings. The number of nitrogens with one attached hydrogen (secondary N) is 2. The van der Waals surface area contributed by atoms with Gasteiger partial charge in [-0.3, -0.25) is 10.4 Å². The summed E-state index contributed by atoms with van der Waals surface area (Å²) in [6, 6.07) is 3.78. The van der Waals surface area contributed by atoms with Gasteiger partial charge in [0.1, 0.15) is 5.75 Å². The van der Waals surface area contributed by atoms with Crippen molar-refractivity contribution in [2.45, 2.75) is 38.4 Å². The summed E-state index contributed by atoms with van der Waals surface area (Å²) in [6.07, 6.45) is 6.19. The van der Waals surface area contributed by atoms with Crippen LogP contribution in [0.15, 0.2) is 28.6 Å². The number of rotatable bonds is 8. The average Bonchev–Trinajstić information content (AvgIpc) is 2.66. The molecule has 8 heteroatoms. The molecule has 0 spiro atoms. The lowest BCUT2D eigenvalue weighted by molar-refractivity contribution is 0.413. The van der Waals surface area contributed by atoms with Crippen molar-refractivity contribution in [2.75, 3.05) is 19.9 Å². The van der Waals surface area contributed by atoms with Crippen LogP contribution in [0.1, 0.15) is 38.9 Å². The highest BCUT2D eigenvalue weighted by Crippen LogP contribution is 2.30. The zero-order valence-corrected chi connectivity index (χ0v) is 16.7. The van der Waals surface area contributed by atoms with Crippen LogP contribution in [0.2, 0.25) is 0 Å². The van der Waals surface area contributed by atoms with Gasteiger partial charge >= 0.3 is 0 Å². The Morgan fingerprint density at radius 1 is 1.42 bits per heavy atom. The zero-order chi connectivity index (χ0) is 19.1. The van der Waals surface area contributed by atoms with E-state index in [0.29, 0.717) is 16.6 Å². The molecule has 0 saturated heterocycles. The molecule has 0 aliphatic rings. The average molecular weight is 375 g/mol. The van der Waals surface area contributed by atoms with E-state index < -0.39 is 0 Å². The maximum atomic E-state index is 8.34. The van der Waals surface area contributed by atoms with Crippen molar-refractivity contribution < 1.29 is 4.74 Å². The number of nitrogens with zero attached hydrogens (tertiary/aromatic N) is 4. The van der Waals surface area contributed by atoms with E-state index in [9.17, 15) is 0 Å². The molecule has 7 nitrogen and oxygen atoms in total. The van der Waals surface area contributed by atoms with Crippen LogP contribution in [-0.4, -0.2) is 40.8 Å². The van der Waals surface area contributed by atoms with Crippen LogP contribution in [0.4, 0.5) is 0 Å². The highest BCUT2D eigenvalue weighted by molar-refractivity contribution is 7.98. The van der Waals surface area contributed by atoms with Gasteiger partial charge in [-0.1, -0.05) is 25.6 Å². The van der Waals surface area contributed by atoms with Crippen LogP contribution in [0.5, 0.6) is 5.75 Å². The Hall–Kier alpha value is -2.19. The van der Waals surface area contributed by atoms with E-state index in [1.54, 1.807) is 25.6 Å². The Kier molecular flexibility index (Phi) is 7.35. The van der Waals surface area contributed by atoms with E-state index in [1.807, 2.05) is 19.2 Å². The van der Waals surface area contributed by atoms with Crippen molar-refractivity contribution in [3.63, 3.8) is 0 Å². The monoisotopic (exact) mass is 374 g/mol. The normalized spacial score (nSPS) is 12.5. The maximum Gasteiger partial charge on any atom is 0.191 e. The summed E-state index contributed by atoms with van der Waals surface area (Å²) in [5.74, 6) is 0.631. The number of hydrogen-bond donors (Lipinski definition) is 2. The van der Waals surface area contributed by atoms with Crippen molar-refractivity contribution in [2.24, 2.45) is 5.10 Å². The molecule has 2 rings (SSSR count). The second-order valence-electron chi connectivity index (χ2n) is 5.62. The van der Waals surface area contributed by atoms with E-state index >= 15 is 0 Å². The smallest absolute Gasteiger partial charge is 0.191 e. The largest absolute Gasteiger partial charge is 0.494 e. The quantitative estimate of drug-likeness (QED) is 0.421. The van der Waals surface area contributed by atoms with Gasteiger partial charge in [0.15, 0.2) is 10.6 Å². The number of methoxy groups -OCH3 is 1. The fourth-order valence-corrected chi connectivity index (χ4v) is 3.00. The van der Waals surface area contributed by atoms with E-state index in [4.69, 9.17) is 15.1 Å². The second-order valence-corrected chi connectivity index (χ2v) is 6.39. The summed E-state index contributed by atoms with van der Waals surface area (Å²) in [6.45, 7) is 6.99. The summed E-state index contributed by atoms with van der Waals surface area (Å²) in [5.41, 5.74) is 2.66. The number of ether oxygens (including phenoxy) is 1. The Labute approximate surface area is 158 Å². The van der Waals surface area contributed by atoms with E-state index in [2.05, 4.69) is 29.2 Å². The molecule has 26 heavy (non-hydrogen) atoms. The summed E-state index contributed by atoms with van der Waals surface area (Å²) in [4.78, 5) is 9.18. The number of pyridine rings is 1. The first-order valence-corrected chi connectivity index (χ1v) is 9.81. The van der Waals surface area contributed by atoms with Crippen LogP contribution in [0.25, 0.3) is 11.3 Å². The molecule has 2 aromatic rings. The first-order valence-electron chi connectivity index (χ1n) is 8.58. The minimum absolute atomic E-state index is 0.114. The molecule has 0 aliphatic heterocycles. The van der Waals surface area contributed by atoms with Crippen molar-refractivity contribution in [1.82, 2.24) is 20.0 Å². The fraction of sp³-hybridized carbons (Fsp3) is 0.444. The van der Waals surface area contributed by atoms with Gasteiger partial charge in [-0.2, -0.15) is 9.78 Å². The minimum Gasteiger partial charge on any atom is -0.494 e. The number of hydrogen-bond acceptors (Lipinski definition) is 7. The lowest BCUT2D eigenvalue weighted by atomic mass is 10.1. The number of thioether (sulfide) groups is 1. The molecule has 0 saturated carbocycles. The molecule has 2 N–H and O–H groups in total. The lowest BCUT2D eigenvalue weighted by Crippen LogP contribution is -2.20. The van der Waals surface area contributed by atoms with E-state index in [1.165, 1.54) is 16.4 Å². The summed E-state index contributed by atoms with van der Waals surface area (Å²) in [5, 5.41) is 16.7. The highest BCUT2D eigenvalue weighted by Gasteiger charge is 2.15. The first kappa shape index (κ1) is 20.1. The maximum absolute atomic E-state index is 8.34.